The second kappa shape index (κ2) is 17.7. The highest BCUT2D eigenvalue weighted by Crippen LogP contribution is 2.15. The molecule has 0 rings (SSSR count). The van der Waals surface area contributed by atoms with E-state index in [1.807, 2.05) is 0 Å². The molecule has 0 bridgehead atoms. The van der Waals surface area contributed by atoms with Gasteiger partial charge in [-0.25, -0.2) is 0 Å². The van der Waals surface area contributed by atoms with Crippen LogP contribution in [-0.4, -0.2) is 11.7 Å². The zero-order valence-corrected chi connectivity index (χ0v) is 19.6. The van der Waals surface area contributed by atoms with Gasteiger partial charge in [0.2, 0.25) is 0 Å². The van der Waals surface area contributed by atoms with Crippen LogP contribution < -0.4 is 0 Å². The van der Waals surface area contributed by atoms with Crippen molar-refractivity contribution in [1.29, 1.82) is 0 Å². The minimum absolute atomic E-state index is 0.294. The third-order valence-electron chi connectivity index (χ3n) is 5.04. The van der Waals surface area contributed by atoms with Gasteiger partial charge in [-0.15, -0.1) is 0 Å². The van der Waals surface area contributed by atoms with E-state index in [-0.39, 0.29) is 0 Å². The van der Waals surface area contributed by atoms with Crippen LogP contribution in [0, 0.1) is 0 Å². The van der Waals surface area contributed by atoms with E-state index < -0.39 is 0 Å². The first-order valence-electron chi connectivity index (χ1n) is 11.2. The number of rotatable bonds is 15. The molecular formula is C27H46O. The molecule has 160 valence electrons. The largest absolute Gasteiger partial charge is 0.396 e. The first kappa shape index (κ1) is 26.7. The molecule has 1 N–H and O–H groups in total. The molecule has 0 heterocycles. The molecule has 0 aliphatic rings. The average molecular weight is 387 g/mol. The number of aliphatic hydroxyl groups is 1. The SMILES string of the molecule is CC(C)=CCC/C(C)=C/CC/C(C)=C/CC/C(C)=C/CC/C(C)=C/CCCO. The highest BCUT2D eigenvalue weighted by molar-refractivity contribution is 5.08. The van der Waals surface area contributed by atoms with Gasteiger partial charge in [0.1, 0.15) is 0 Å². The maximum atomic E-state index is 8.82. The third kappa shape index (κ3) is 18.0. The Morgan fingerprint density at radius 3 is 1.14 bits per heavy atom. The molecule has 0 aliphatic heterocycles. The van der Waals surface area contributed by atoms with Crippen LogP contribution >= 0.6 is 0 Å². The zero-order chi connectivity index (χ0) is 21.2. The highest BCUT2D eigenvalue weighted by atomic mass is 16.2. The summed E-state index contributed by atoms with van der Waals surface area (Å²) in [5.74, 6) is 0. The van der Waals surface area contributed by atoms with E-state index in [0.29, 0.717) is 6.61 Å². The van der Waals surface area contributed by atoms with Crippen LogP contribution in [0.4, 0.5) is 0 Å². The van der Waals surface area contributed by atoms with Crippen LogP contribution in [-0.2, 0) is 0 Å². The summed E-state index contributed by atoms with van der Waals surface area (Å²) in [6.07, 6.45) is 23.0. The molecule has 28 heavy (non-hydrogen) atoms. The summed E-state index contributed by atoms with van der Waals surface area (Å²) in [7, 11) is 0. The Balaban J connectivity index is 4.03. The molecule has 0 amide bonds. The van der Waals surface area contributed by atoms with Gasteiger partial charge in [0.05, 0.1) is 0 Å². The summed E-state index contributed by atoms with van der Waals surface area (Å²) in [6.45, 7) is 13.6. The van der Waals surface area contributed by atoms with Gasteiger partial charge >= 0.3 is 0 Å². The Morgan fingerprint density at radius 1 is 0.500 bits per heavy atom. The lowest BCUT2D eigenvalue weighted by molar-refractivity contribution is 0.289. The Bertz CT molecular complexity index is 551. The summed E-state index contributed by atoms with van der Waals surface area (Å²) in [6, 6.07) is 0. The molecular weight excluding hydrogens is 340 g/mol. The van der Waals surface area contributed by atoms with Crippen molar-refractivity contribution in [3.8, 4) is 0 Å². The standard InChI is InChI=1S/C27H46O/c1-23(2)13-9-15-25(4)17-11-19-27(6)21-12-20-26(5)18-10-16-24(3)14-7-8-22-28/h13-14,17-18,21,28H,7-12,15-16,19-20,22H2,1-6H3/b24-14+,25-17+,26-18+,27-21+. The number of hydrogen-bond donors (Lipinski definition) is 1. The first-order chi connectivity index (χ1) is 13.3. The lowest BCUT2D eigenvalue weighted by atomic mass is 10.0. The third-order valence-corrected chi connectivity index (χ3v) is 5.04. The maximum Gasteiger partial charge on any atom is 0.0433 e. The maximum absolute atomic E-state index is 8.82. The van der Waals surface area contributed by atoms with E-state index >= 15 is 0 Å². The number of unbranched alkanes of at least 4 members (excludes halogenated alkanes) is 1. The van der Waals surface area contributed by atoms with E-state index in [4.69, 9.17) is 5.11 Å². The van der Waals surface area contributed by atoms with E-state index in [9.17, 15) is 0 Å². The molecule has 0 radical (unpaired) electrons. The van der Waals surface area contributed by atoms with Crippen molar-refractivity contribution in [2.24, 2.45) is 0 Å². The minimum atomic E-state index is 0.294. The summed E-state index contributed by atoms with van der Waals surface area (Å²) in [4.78, 5) is 0. The highest BCUT2D eigenvalue weighted by Gasteiger charge is 1.94. The number of hydrogen-bond acceptors (Lipinski definition) is 1. The Hall–Kier alpha value is -1.34. The fourth-order valence-corrected chi connectivity index (χ4v) is 3.08. The molecule has 0 aromatic rings. The zero-order valence-electron chi connectivity index (χ0n) is 19.6. The molecule has 1 nitrogen and oxygen atoms in total. The molecule has 0 unspecified atom stereocenters. The van der Waals surface area contributed by atoms with Crippen molar-refractivity contribution < 1.29 is 5.11 Å². The Kier molecular flexibility index (Phi) is 16.9. The Labute approximate surface area is 176 Å². The topological polar surface area (TPSA) is 20.2 Å². The molecule has 0 saturated carbocycles. The van der Waals surface area contributed by atoms with Gasteiger partial charge in [-0.05, 0) is 106 Å². The summed E-state index contributed by atoms with van der Waals surface area (Å²) < 4.78 is 0. The van der Waals surface area contributed by atoms with Gasteiger partial charge < -0.3 is 5.11 Å². The van der Waals surface area contributed by atoms with E-state index in [2.05, 4.69) is 71.9 Å². The van der Waals surface area contributed by atoms with Crippen LogP contribution in [0.3, 0.4) is 0 Å². The van der Waals surface area contributed by atoms with Gasteiger partial charge in [-0.3, -0.25) is 0 Å². The second-order valence-corrected chi connectivity index (χ2v) is 8.50. The lowest BCUT2D eigenvalue weighted by Gasteiger charge is -2.03. The van der Waals surface area contributed by atoms with Gasteiger partial charge in [-0.2, -0.15) is 0 Å². The predicted octanol–water partition coefficient (Wildman–Crippen LogP) is 8.63. The van der Waals surface area contributed by atoms with Crippen LogP contribution in [0.2, 0.25) is 0 Å². The molecule has 1 heteroatoms. The van der Waals surface area contributed by atoms with E-state index in [1.54, 1.807) is 0 Å². The summed E-state index contributed by atoms with van der Waals surface area (Å²) >= 11 is 0. The average Bonchev–Trinajstić information content (AvgIpc) is 2.61. The number of aliphatic hydroxyl groups excluding tert-OH is 1. The van der Waals surface area contributed by atoms with Crippen molar-refractivity contribution in [1.82, 2.24) is 0 Å². The molecule has 0 saturated heterocycles. The first-order valence-corrected chi connectivity index (χ1v) is 11.2. The normalized spacial score (nSPS) is 13.8. The van der Waals surface area contributed by atoms with Crippen molar-refractivity contribution in [2.75, 3.05) is 6.61 Å². The van der Waals surface area contributed by atoms with Crippen molar-refractivity contribution >= 4 is 0 Å². The quantitative estimate of drug-likeness (QED) is 0.220. The Morgan fingerprint density at radius 2 is 0.821 bits per heavy atom. The second-order valence-electron chi connectivity index (χ2n) is 8.50. The molecule has 0 atom stereocenters. The van der Waals surface area contributed by atoms with Gasteiger partial charge in [0.25, 0.3) is 0 Å². The molecule has 0 aromatic heterocycles. The van der Waals surface area contributed by atoms with Gasteiger partial charge in [0.15, 0.2) is 0 Å². The van der Waals surface area contributed by atoms with Crippen LogP contribution in [0.1, 0.15) is 106 Å². The minimum Gasteiger partial charge on any atom is -0.396 e. The monoisotopic (exact) mass is 386 g/mol. The van der Waals surface area contributed by atoms with E-state index in [0.717, 1.165) is 32.1 Å². The summed E-state index contributed by atoms with van der Waals surface area (Å²) in [5, 5.41) is 8.82. The summed E-state index contributed by atoms with van der Waals surface area (Å²) in [5.41, 5.74) is 7.40. The van der Waals surface area contributed by atoms with Crippen LogP contribution in [0.25, 0.3) is 0 Å². The molecule has 0 spiro atoms. The number of allylic oxidation sites excluding steroid dienone is 10. The molecule has 0 aliphatic carbocycles. The predicted molar refractivity (Wildman–Crippen MR) is 128 cm³/mol. The van der Waals surface area contributed by atoms with Gasteiger partial charge in [0, 0.05) is 6.61 Å². The van der Waals surface area contributed by atoms with Crippen molar-refractivity contribution in [3.63, 3.8) is 0 Å². The van der Waals surface area contributed by atoms with E-state index in [1.165, 1.54) is 60.0 Å². The van der Waals surface area contributed by atoms with Crippen molar-refractivity contribution in [2.45, 2.75) is 106 Å². The fourth-order valence-electron chi connectivity index (χ4n) is 3.08. The fraction of sp³-hybridized carbons (Fsp3) is 0.630. The molecule has 0 fully saturated rings. The molecule has 0 aromatic carbocycles. The van der Waals surface area contributed by atoms with Crippen LogP contribution in [0.5, 0.6) is 0 Å². The van der Waals surface area contributed by atoms with Crippen LogP contribution in [0.15, 0.2) is 58.2 Å². The smallest absolute Gasteiger partial charge is 0.0433 e. The lowest BCUT2D eigenvalue weighted by Crippen LogP contribution is -1.84. The van der Waals surface area contributed by atoms with Crippen molar-refractivity contribution in [3.05, 3.63) is 58.2 Å². The van der Waals surface area contributed by atoms with Gasteiger partial charge in [-0.1, -0.05) is 58.2 Å².